The van der Waals surface area contributed by atoms with Gasteiger partial charge in [-0.25, -0.2) is 0 Å². The average molecular weight is 252 g/mol. The van der Waals surface area contributed by atoms with E-state index in [0.717, 1.165) is 12.8 Å². The molecule has 2 saturated carbocycles. The number of rotatable bonds is 4. The molecule has 0 radical (unpaired) electrons. The summed E-state index contributed by atoms with van der Waals surface area (Å²) in [4.78, 5) is 11.9. The molecule has 1 amide bonds. The molecule has 0 saturated heterocycles. The summed E-state index contributed by atoms with van der Waals surface area (Å²) >= 11 is 0. The minimum atomic E-state index is 0.167. The fraction of sp³-hybridized carbons (Fsp3) is 0.933. The minimum absolute atomic E-state index is 0.167. The first-order valence-corrected chi connectivity index (χ1v) is 7.38. The molecule has 2 rings (SSSR count). The zero-order chi connectivity index (χ0) is 13.4. The maximum absolute atomic E-state index is 11.9. The fourth-order valence-electron chi connectivity index (χ4n) is 3.43. The highest BCUT2D eigenvalue weighted by Crippen LogP contribution is 2.62. The van der Waals surface area contributed by atoms with Gasteiger partial charge in [0, 0.05) is 12.1 Å². The Hall–Kier alpha value is -0.570. The van der Waals surface area contributed by atoms with Crippen molar-refractivity contribution in [1.29, 1.82) is 0 Å². The van der Waals surface area contributed by atoms with E-state index in [-0.39, 0.29) is 5.91 Å². The van der Waals surface area contributed by atoms with E-state index in [1.807, 2.05) is 0 Å². The SMILES string of the molecule is CC1(C)C(NCC(=O)NC2CCCCC2)C1(C)C. The summed E-state index contributed by atoms with van der Waals surface area (Å²) in [6, 6.07) is 0.885. The first-order chi connectivity index (χ1) is 8.35. The topological polar surface area (TPSA) is 41.1 Å². The molecule has 0 aromatic heterocycles. The van der Waals surface area contributed by atoms with Gasteiger partial charge in [0.15, 0.2) is 0 Å². The van der Waals surface area contributed by atoms with Gasteiger partial charge in [-0.1, -0.05) is 47.0 Å². The molecule has 3 nitrogen and oxygen atoms in total. The Balaban J connectivity index is 1.70. The van der Waals surface area contributed by atoms with Crippen LogP contribution < -0.4 is 10.6 Å². The van der Waals surface area contributed by atoms with E-state index in [1.54, 1.807) is 0 Å². The summed E-state index contributed by atoms with van der Waals surface area (Å²) in [6.07, 6.45) is 6.18. The van der Waals surface area contributed by atoms with Crippen molar-refractivity contribution in [3.8, 4) is 0 Å². The third-order valence-electron chi connectivity index (χ3n) is 5.46. The molecule has 104 valence electrons. The highest BCUT2D eigenvalue weighted by atomic mass is 16.2. The van der Waals surface area contributed by atoms with Gasteiger partial charge in [0.05, 0.1) is 6.54 Å². The summed E-state index contributed by atoms with van der Waals surface area (Å²) in [5.74, 6) is 0.167. The molecule has 0 atom stereocenters. The van der Waals surface area contributed by atoms with E-state index in [1.165, 1.54) is 19.3 Å². The van der Waals surface area contributed by atoms with Gasteiger partial charge in [-0.2, -0.15) is 0 Å². The molecule has 2 fully saturated rings. The van der Waals surface area contributed by atoms with E-state index in [0.29, 0.717) is 29.5 Å². The quantitative estimate of drug-likeness (QED) is 0.807. The van der Waals surface area contributed by atoms with Gasteiger partial charge >= 0.3 is 0 Å². The number of carbonyl (C=O) groups is 1. The van der Waals surface area contributed by atoms with Crippen LogP contribution in [0.25, 0.3) is 0 Å². The summed E-state index contributed by atoms with van der Waals surface area (Å²) in [5, 5.41) is 6.57. The fourth-order valence-corrected chi connectivity index (χ4v) is 3.43. The Labute approximate surface area is 111 Å². The Bertz CT molecular complexity index is 302. The molecule has 0 spiro atoms. The second-order valence-electron chi connectivity index (χ2n) is 7.16. The molecule has 0 bridgehead atoms. The minimum Gasteiger partial charge on any atom is -0.352 e. The van der Waals surface area contributed by atoms with E-state index in [4.69, 9.17) is 0 Å². The van der Waals surface area contributed by atoms with Gasteiger partial charge < -0.3 is 10.6 Å². The van der Waals surface area contributed by atoms with Crippen LogP contribution in [0.15, 0.2) is 0 Å². The Kier molecular flexibility index (Phi) is 3.72. The first kappa shape index (κ1) is 13.9. The maximum Gasteiger partial charge on any atom is 0.234 e. The summed E-state index contributed by atoms with van der Waals surface area (Å²) in [7, 11) is 0. The van der Waals surface area contributed by atoms with Gasteiger partial charge in [0.1, 0.15) is 0 Å². The zero-order valence-corrected chi connectivity index (χ0v) is 12.3. The lowest BCUT2D eigenvalue weighted by molar-refractivity contribution is -0.121. The molecule has 0 aromatic carbocycles. The maximum atomic E-state index is 11.9. The number of amides is 1. The summed E-state index contributed by atoms with van der Waals surface area (Å²) < 4.78 is 0. The highest BCUT2D eigenvalue weighted by Gasteiger charge is 2.64. The molecule has 2 N–H and O–H groups in total. The molecule has 0 aliphatic heterocycles. The van der Waals surface area contributed by atoms with Crippen LogP contribution in [-0.2, 0) is 4.79 Å². The molecule has 3 heteroatoms. The number of nitrogens with one attached hydrogen (secondary N) is 2. The number of hydrogen-bond donors (Lipinski definition) is 2. The van der Waals surface area contributed by atoms with E-state index in [9.17, 15) is 4.79 Å². The molecule has 2 aliphatic carbocycles. The van der Waals surface area contributed by atoms with Crippen molar-refractivity contribution in [3.63, 3.8) is 0 Å². The highest BCUT2D eigenvalue weighted by molar-refractivity contribution is 5.78. The Morgan fingerprint density at radius 3 is 2.11 bits per heavy atom. The molecule has 18 heavy (non-hydrogen) atoms. The van der Waals surface area contributed by atoms with E-state index < -0.39 is 0 Å². The molecular weight excluding hydrogens is 224 g/mol. The lowest BCUT2D eigenvalue weighted by Gasteiger charge is -2.22. The normalized spacial score (nSPS) is 26.9. The van der Waals surface area contributed by atoms with Crippen LogP contribution in [0.3, 0.4) is 0 Å². The third-order valence-corrected chi connectivity index (χ3v) is 5.46. The van der Waals surface area contributed by atoms with E-state index >= 15 is 0 Å². The molecule has 0 unspecified atom stereocenters. The smallest absolute Gasteiger partial charge is 0.234 e. The van der Waals surface area contributed by atoms with Gasteiger partial charge in [-0.3, -0.25) is 4.79 Å². The Morgan fingerprint density at radius 2 is 1.61 bits per heavy atom. The van der Waals surface area contributed by atoms with Crippen LogP contribution in [0.2, 0.25) is 0 Å². The molecule has 2 aliphatic rings. The largest absolute Gasteiger partial charge is 0.352 e. The van der Waals surface area contributed by atoms with Crippen molar-refractivity contribution in [2.24, 2.45) is 10.8 Å². The average Bonchev–Trinajstić information content (AvgIpc) is 2.68. The lowest BCUT2D eigenvalue weighted by Crippen LogP contribution is -2.42. The van der Waals surface area contributed by atoms with Gasteiger partial charge in [0.2, 0.25) is 5.91 Å². The standard InChI is InChI=1S/C15H28N2O/c1-14(2)13(15(14,3)4)16-10-12(18)17-11-8-6-5-7-9-11/h11,13,16H,5-10H2,1-4H3,(H,17,18). The zero-order valence-electron chi connectivity index (χ0n) is 12.3. The number of hydrogen-bond acceptors (Lipinski definition) is 2. The van der Waals surface area contributed by atoms with Crippen LogP contribution in [0.4, 0.5) is 0 Å². The van der Waals surface area contributed by atoms with Crippen molar-refractivity contribution < 1.29 is 4.79 Å². The molecular formula is C15H28N2O. The van der Waals surface area contributed by atoms with Gasteiger partial charge in [-0.05, 0) is 23.7 Å². The predicted molar refractivity (Wildman–Crippen MR) is 74.4 cm³/mol. The second kappa shape index (κ2) is 4.84. The van der Waals surface area contributed by atoms with Crippen molar-refractivity contribution in [2.75, 3.05) is 6.54 Å². The van der Waals surface area contributed by atoms with Crippen LogP contribution >= 0.6 is 0 Å². The number of carbonyl (C=O) groups excluding carboxylic acids is 1. The van der Waals surface area contributed by atoms with Crippen molar-refractivity contribution >= 4 is 5.91 Å². The third kappa shape index (κ3) is 2.56. The first-order valence-electron chi connectivity index (χ1n) is 7.38. The lowest BCUT2D eigenvalue weighted by atomic mass is 9.95. The van der Waals surface area contributed by atoms with Crippen molar-refractivity contribution in [1.82, 2.24) is 10.6 Å². The second-order valence-corrected chi connectivity index (χ2v) is 7.16. The molecule has 0 aromatic rings. The van der Waals surface area contributed by atoms with Gasteiger partial charge in [0.25, 0.3) is 0 Å². The van der Waals surface area contributed by atoms with Crippen LogP contribution in [-0.4, -0.2) is 24.5 Å². The molecule has 0 heterocycles. The Morgan fingerprint density at radius 1 is 1.06 bits per heavy atom. The van der Waals surface area contributed by atoms with Gasteiger partial charge in [-0.15, -0.1) is 0 Å². The summed E-state index contributed by atoms with van der Waals surface area (Å²) in [6.45, 7) is 9.54. The van der Waals surface area contributed by atoms with Crippen LogP contribution in [0, 0.1) is 10.8 Å². The van der Waals surface area contributed by atoms with Crippen molar-refractivity contribution in [3.05, 3.63) is 0 Å². The monoisotopic (exact) mass is 252 g/mol. The van der Waals surface area contributed by atoms with Crippen molar-refractivity contribution in [2.45, 2.75) is 71.9 Å². The summed E-state index contributed by atoms with van der Waals surface area (Å²) in [5.41, 5.74) is 0.607. The van der Waals surface area contributed by atoms with Crippen LogP contribution in [0.1, 0.15) is 59.8 Å². The predicted octanol–water partition coefficient (Wildman–Crippen LogP) is 2.46. The van der Waals surface area contributed by atoms with E-state index in [2.05, 4.69) is 38.3 Å². The van der Waals surface area contributed by atoms with Crippen LogP contribution in [0.5, 0.6) is 0 Å².